The largest absolute Gasteiger partial charge is 0.361 e. The van der Waals surface area contributed by atoms with Gasteiger partial charge in [-0.15, -0.1) is 0 Å². The Kier molecular flexibility index (Phi) is 2.81. The van der Waals surface area contributed by atoms with Crippen molar-refractivity contribution in [3.05, 3.63) is 65.1 Å². The Labute approximate surface area is 105 Å². The van der Waals surface area contributed by atoms with Gasteiger partial charge in [-0.2, -0.15) is 0 Å². The van der Waals surface area contributed by atoms with Crippen molar-refractivity contribution >= 4 is 11.6 Å². The Bertz CT molecular complexity index is 753. The van der Waals surface area contributed by atoms with Gasteiger partial charge in [0.15, 0.2) is 0 Å². The molecule has 0 aromatic carbocycles. The van der Waals surface area contributed by atoms with Gasteiger partial charge < -0.3 is 4.98 Å². The molecule has 1 N–H and O–H groups in total. The third-order valence-electron chi connectivity index (χ3n) is 2.83. The summed E-state index contributed by atoms with van der Waals surface area (Å²) in [6.07, 6.45) is 12.8. The number of allylic oxidation sites excluding steroid dienone is 2. The molecule has 0 bridgehead atoms. The average Bonchev–Trinajstić information content (AvgIpc) is 2.80. The van der Waals surface area contributed by atoms with E-state index in [1.165, 1.54) is 5.22 Å². The van der Waals surface area contributed by atoms with Gasteiger partial charge in [0.2, 0.25) is 0 Å². The maximum Gasteiger partial charge on any atom is 0.0429 e. The smallest absolute Gasteiger partial charge is 0.0429 e. The molecule has 86 valence electrons. The molecule has 0 unspecified atom stereocenters. The molecule has 0 fully saturated rings. The van der Waals surface area contributed by atoms with Crippen molar-refractivity contribution in [2.45, 2.75) is 6.42 Å². The minimum atomic E-state index is 0.938. The van der Waals surface area contributed by atoms with Gasteiger partial charge in [0, 0.05) is 40.3 Å². The van der Waals surface area contributed by atoms with E-state index < -0.39 is 0 Å². The molecule has 2 heterocycles. The van der Waals surface area contributed by atoms with Gasteiger partial charge in [0.1, 0.15) is 0 Å². The van der Waals surface area contributed by atoms with Crippen LogP contribution in [0.1, 0.15) is 12.0 Å². The van der Waals surface area contributed by atoms with E-state index in [9.17, 15) is 0 Å². The van der Waals surface area contributed by atoms with Crippen LogP contribution in [0.2, 0.25) is 0 Å². The van der Waals surface area contributed by atoms with E-state index >= 15 is 0 Å². The van der Waals surface area contributed by atoms with Gasteiger partial charge >= 0.3 is 0 Å². The molecule has 3 rings (SSSR count). The normalized spacial score (nSPS) is 13.0. The summed E-state index contributed by atoms with van der Waals surface area (Å²) in [6, 6.07) is 5.90. The lowest BCUT2D eigenvalue weighted by Crippen LogP contribution is -2.23. The molecule has 0 saturated carbocycles. The predicted octanol–water partition coefficient (Wildman–Crippen LogP) is 1.35. The topological polar surface area (TPSA) is 28.7 Å². The van der Waals surface area contributed by atoms with Gasteiger partial charge in [0.25, 0.3) is 0 Å². The van der Waals surface area contributed by atoms with Crippen LogP contribution < -0.4 is 10.6 Å². The Morgan fingerprint density at radius 1 is 1.11 bits per heavy atom. The Morgan fingerprint density at radius 2 is 2.00 bits per heavy atom. The third-order valence-corrected chi connectivity index (χ3v) is 2.83. The third kappa shape index (κ3) is 2.11. The first-order valence-electron chi connectivity index (χ1n) is 5.90. The minimum absolute atomic E-state index is 0.938. The van der Waals surface area contributed by atoms with Gasteiger partial charge in [-0.3, -0.25) is 4.98 Å². The summed E-state index contributed by atoms with van der Waals surface area (Å²) in [6.45, 7) is 0. The summed E-state index contributed by atoms with van der Waals surface area (Å²) in [7, 11) is 0. The highest BCUT2D eigenvalue weighted by atomic mass is 14.6. The lowest BCUT2D eigenvalue weighted by Gasteiger charge is -1.89. The zero-order chi connectivity index (χ0) is 12.2. The fraction of sp³-hybridized carbons (Fsp3) is 0.0625. The number of fused-ring (bicyclic) bond motifs is 1. The van der Waals surface area contributed by atoms with E-state index in [0.717, 1.165) is 22.9 Å². The van der Waals surface area contributed by atoms with Crippen LogP contribution in [0.25, 0.3) is 11.6 Å². The number of aromatic amines is 1. The predicted molar refractivity (Wildman–Crippen MR) is 72.8 cm³/mol. The molecule has 2 nitrogen and oxygen atoms in total. The maximum atomic E-state index is 3.98. The highest BCUT2D eigenvalue weighted by molar-refractivity contribution is 5.74. The molecular weight excluding hydrogens is 220 g/mol. The van der Waals surface area contributed by atoms with E-state index in [2.05, 4.69) is 46.1 Å². The first-order valence-corrected chi connectivity index (χ1v) is 5.90. The molecule has 1 aliphatic rings. The van der Waals surface area contributed by atoms with E-state index in [1.807, 2.05) is 18.3 Å². The van der Waals surface area contributed by atoms with Crippen molar-refractivity contribution < 1.29 is 0 Å². The van der Waals surface area contributed by atoms with Crippen LogP contribution in [0, 0.1) is 11.8 Å². The van der Waals surface area contributed by atoms with E-state index in [-0.39, 0.29) is 0 Å². The molecule has 0 atom stereocenters. The molecule has 0 spiro atoms. The second kappa shape index (κ2) is 4.77. The zero-order valence-corrected chi connectivity index (χ0v) is 9.85. The number of nitrogens with zero attached hydrogens (tertiary/aromatic N) is 1. The molecule has 18 heavy (non-hydrogen) atoms. The lowest BCUT2D eigenvalue weighted by molar-refractivity contribution is 1.29. The summed E-state index contributed by atoms with van der Waals surface area (Å²) in [5.74, 6) is 6.40. The van der Waals surface area contributed by atoms with E-state index in [0.29, 0.717) is 0 Å². The summed E-state index contributed by atoms with van der Waals surface area (Å²) < 4.78 is 0. The number of nitrogens with one attached hydrogen (secondary N) is 1. The molecule has 1 aliphatic carbocycles. The van der Waals surface area contributed by atoms with Crippen LogP contribution >= 0.6 is 0 Å². The van der Waals surface area contributed by atoms with Crippen LogP contribution in [-0.4, -0.2) is 9.97 Å². The standard InChI is InChI=1S/C16H12N2/c1-2-4-16-15(9-12-18-16)14(3-1)6-5-13-7-10-17-11-8-13/h1,3-4,7-12,18H,2H2. The number of rotatable bonds is 0. The van der Waals surface area contributed by atoms with Crippen LogP contribution in [0.5, 0.6) is 0 Å². The summed E-state index contributed by atoms with van der Waals surface area (Å²) in [5, 5.41) is 2.32. The van der Waals surface area contributed by atoms with E-state index in [4.69, 9.17) is 0 Å². The van der Waals surface area contributed by atoms with E-state index in [1.54, 1.807) is 12.4 Å². The second-order valence-electron chi connectivity index (χ2n) is 4.05. The molecule has 2 aromatic heterocycles. The van der Waals surface area contributed by atoms with Crippen molar-refractivity contribution in [2.24, 2.45) is 0 Å². The first-order chi connectivity index (χ1) is 8.93. The van der Waals surface area contributed by atoms with Crippen molar-refractivity contribution in [3.8, 4) is 11.8 Å². The van der Waals surface area contributed by atoms with Gasteiger partial charge in [-0.05, 0) is 30.7 Å². The lowest BCUT2D eigenvalue weighted by atomic mass is 10.2. The molecule has 0 amide bonds. The van der Waals surface area contributed by atoms with Crippen LogP contribution in [0.3, 0.4) is 0 Å². The van der Waals surface area contributed by atoms with Crippen LogP contribution in [0.4, 0.5) is 0 Å². The molecule has 2 aromatic rings. The molecule has 0 radical (unpaired) electrons. The van der Waals surface area contributed by atoms with Gasteiger partial charge in [-0.25, -0.2) is 0 Å². The number of hydrogen-bond donors (Lipinski definition) is 1. The Hall–Kier alpha value is -2.53. The quantitative estimate of drug-likeness (QED) is 0.682. The van der Waals surface area contributed by atoms with Crippen LogP contribution in [-0.2, 0) is 0 Å². The number of pyridine rings is 1. The summed E-state index contributed by atoms with van der Waals surface area (Å²) in [5.41, 5.74) is 2.04. The highest BCUT2D eigenvalue weighted by Crippen LogP contribution is 2.00. The molecule has 2 heteroatoms. The SMILES string of the molecule is C(#Cc1ccncc1)C1=c2cc[nH]c2=CCC=C1. The van der Waals surface area contributed by atoms with Crippen molar-refractivity contribution in [1.82, 2.24) is 9.97 Å². The van der Waals surface area contributed by atoms with Gasteiger partial charge in [0.05, 0.1) is 0 Å². The highest BCUT2D eigenvalue weighted by Gasteiger charge is 1.96. The average molecular weight is 232 g/mol. The van der Waals surface area contributed by atoms with Gasteiger partial charge in [-0.1, -0.05) is 24.0 Å². The fourth-order valence-corrected chi connectivity index (χ4v) is 1.93. The number of H-pyrrole nitrogens is 1. The van der Waals surface area contributed by atoms with Crippen molar-refractivity contribution in [2.75, 3.05) is 0 Å². The van der Waals surface area contributed by atoms with Crippen molar-refractivity contribution in [1.29, 1.82) is 0 Å². The summed E-state index contributed by atoms with van der Waals surface area (Å²) >= 11 is 0. The molecule has 0 saturated heterocycles. The first kappa shape index (κ1) is 10.6. The maximum absolute atomic E-state index is 3.98. The summed E-state index contributed by atoms with van der Waals surface area (Å²) in [4.78, 5) is 7.22. The van der Waals surface area contributed by atoms with Crippen LogP contribution in [0.15, 0.2) is 48.9 Å². The number of aromatic nitrogens is 2. The molecular formula is C16H12N2. The second-order valence-corrected chi connectivity index (χ2v) is 4.05. The Balaban J connectivity index is 2.11. The van der Waals surface area contributed by atoms with Crippen molar-refractivity contribution in [3.63, 3.8) is 0 Å². The Morgan fingerprint density at radius 3 is 2.89 bits per heavy atom. The zero-order valence-electron chi connectivity index (χ0n) is 9.85. The minimum Gasteiger partial charge on any atom is -0.361 e. The number of hydrogen-bond acceptors (Lipinski definition) is 1. The fourth-order valence-electron chi connectivity index (χ4n) is 1.93. The molecule has 0 aliphatic heterocycles. The monoisotopic (exact) mass is 232 g/mol.